The summed E-state index contributed by atoms with van der Waals surface area (Å²) in [6.07, 6.45) is 4.25. The second-order valence-corrected chi connectivity index (χ2v) is 7.32. The van der Waals surface area contributed by atoms with Crippen LogP contribution in [0.4, 0.5) is 0 Å². The average Bonchev–Trinajstić information content (AvgIpc) is 3.33. The van der Waals surface area contributed by atoms with E-state index in [2.05, 4.69) is 12.1 Å². The summed E-state index contributed by atoms with van der Waals surface area (Å²) in [6.45, 7) is 1.95. The molecule has 0 unspecified atom stereocenters. The molecule has 3 heterocycles. The van der Waals surface area contributed by atoms with Gasteiger partial charge in [0.05, 0.1) is 44.2 Å². The van der Waals surface area contributed by atoms with Crippen molar-refractivity contribution < 1.29 is 24.1 Å². The Kier molecular flexibility index (Phi) is 4.62. The largest absolute Gasteiger partial charge is 0.394 e. The Morgan fingerprint density at radius 2 is 1.96 bits per heavy atom. The van der Waals surface area contributed by atoms with Gasteiger partial charge in [-0.1, -0.05) is 30.3 Å². The van der Waals surface area contributed by atoms with Crippen LogP contribution in [-0.2, 0) is 25.6 Å². The summed E-state index contributed by atoms with van der Waals surface area (Å²) in [7, 11) is 0. The summed E-state index contributed by atoms with van der Waals surface area (Å²) >= 11 is 0. The van der Waals surface area contributed by atoms with Gasteiger partial charge in [-0.3, -0.25) is 0 Å². The number of hydrogen-bond acceptors (Lipinski definition) is 5. The Balaban J connectivity index is 1.37. The van der Waals surface area contributed by atoms with Gasteiger partial charge >= 0.3 is 0 Å². The van der Waals surface area contributed by atoms with Gasteiger partial charge < -0.3 is 24.1 Å². The molecule has 0 bridgehead atoms. The summed E-state index contributed by atoms with van der Waals surface area (Å²) in [4.78, 5) is 0. The summed E-state index contributed by atoms with van der Waals surface area (Å²) in [5.74, 6) is -0.610. The minimum atomic E-state index is -0.610. The van der Waals surface area contributed by atoms with Gasteiger partial charge in [0.2, 0.25) is 0 Å². The smallest absolute Gasteiger partial charge is 0.172 e. The molecule has 0 aliphatic carbocycles. The number of benzene rings is 1. The topological polar surface area (TPSA) is 60.5 Å². The maximum absolute atomic E-state index is 9.45. The molecule has 4 rings (SSSR count). The molecule has 0 radical (unpaired) electrons. The first-order valence-corrected chi connectivity index (χ1v) is 8.93. The number of rotatable bonds is 5. The fourth-order valence-electron chi connectivity index (χ4n) is 4.03. The number of epoxide rings is 1. The molecule has 3 saturated heterocycles. The normalized spacial score (nSPS) is 38.5. The molecule has 2 spiro atoms. The first-order valence-electron chi connectivity index (χ1n) is 8.93. The van der Waals surface area contributed by atoms with Crippen molar-refractivity contribution in [2.45, 2.75) is 62.3 Å². The molecule has 3 fully saturated rings. The Labute approximate surface area is 142 Å². The lowest BCUT2D eigenvalue weighted by molar-refractivity contribution is -0.331. The predicted octanol–water partition coefficient (Wildman–Crippen LogP) is 2.41. The third-order valence-electron chi connectivity index (χ3n) is 5.21. The van der Waals surface area contributed by atoms with E-state index in [9.17, 15) is 5.11 Å². The zero-order valence-electron chi connectivity index (χ0n) is 14.0. The minimum absolute atomic E-state index is 0.0256. The second-order valence-electron chi connectivity index (χ2n) is 7.32. The molecule has 3 aliphatic heterocycles. The molecule has 5 heteroatoms. The van der Waals surface area contributed by atoms with Gasteiger partial charge in [0, 0.05) is 19.3 Å². The van der Waals surface area contributed by atoms with Crippen LogP contribution in [-0.4, -0.2) is 48.5 Å². The highest BCUT2D eigenvalue weighted by Gasteiger charge is 2.58. The van der Waals surface area contributed by atoms with E-state index in [0.717, 1.165) is 44.3 Å². The van der Waals surface area contributed by atoms with Crippen molar-refractivity contribution in [1.29, 1.82) is 0 Å². The van der Waals surface area contributed by atoms with Crippen LogP contribution in [0.5, 0.6) is 0 Å². The van der Waals surface area contributed by atoms with E-state index < -0.39 is 5.79 Å². The average molecular weight is 334 g/mol. The van der Waals surface area contributed by atoms with Crippen LogP contribution in [0.15, 0.2) is 30.3 Å². The van der Waals surface area contributed by atoms with E-state index >= 15 is 0 Å². The van der Waals surface area contributed by atoms with Crippen molar-refractivity contribution in [1.82, 2.24) is 0 Å². The van der Waals surface area contributed by atoms with Crippen LogP contribution in [0.25, 0.3) is 0 Å². The fraction of sp³-hybridized carbons (Fsp3) is 0.684. The van der Waals surface area contributed by atoms with E-state index in [1.807, 2.05) is 18.2 Å². The summed E-state index contributed by atoms with van der Waals surface area (Å²) in [5.41, 5.74) is 1.06. The third kappa shape index (κ3) is 3.65. The molecule has 3 aliphatic rings. The van der Waals surface area contributed by atoms with Crippen molar-refractivity contribution in [3.8, 4) is 0 Å². The quantitative estimate of drug-likeness (QED) is 0.838. The monoisotopic (exact) mass is 334 g/mol. The van der Waals surface area contributed by atoms with Crippen LogP contribution in [0.2, 0.25) is 0 Å². The van der Waals surface area contributed by atoms with Crippen LogP contribution >= 0.6 is 0 Å². The summed E-state index contributed by atoms with van der Waals surface area (Å²) in [6, 6.07) is 10.2. The Morgan fingerprint density at radius 3 is 2.71 bits per heavy atom. The van der Waals surface area contributed by atoms with Gasteiger partial charge in [0.15, 0.2) is 5.79 Å². The zero-order valence-corrected chi connectivity index (χ0v) is 14.0. The molecular formula is C19H26O5. The van der Waals surface area contributed by atoms with Crippen LogP contribution in [0.3, 0.4) is 0 Å². The van der Waals surface area contributed by atoms with Gasteiger partial charge in [-0.2, -0.15) is 0 Å². The third-order valence-corrected chi connectivity index (χ3v) is 5.21. The first kappa shape index (κ1) is 16.5. The molecule has 1 aromatic carbocycles. The van der Waals surface area contributed by atoms with Crippen LogP contribution in [0, 0.1) is 0 Å². The maximum atomic E-state index is 9.45. The molecule has 4 atom stereocenters. The molecule has 5 nitrogen and oxygen atoms in total. The highest BCUT2D eigenvalue weighted by Crippen LogP contribution is 2.50. The van der Waals surface area contributed by atoms with Gasteiger partial charge in [-0.05, 0) is 18.4 Å². The lowest BCUT2D eigenvalue weighted by atomic mass is 9.86. The SMILES string of the molecule is OC[C@@H]1CCC[C@]2(C[C@@]3(CO3)C[C@@H](COCc3ccccc3)O2)O1. The Bertz CT molecular complexity index is 544. The fourth-order valence-corrected chi connectivity index (χ4v) is 4.03. The van der Waals surface area contributed by atoms with Crippen LogP contribution < -0.4 is 0 Å². The number of hydrogen-bond donors (Lipinski definition) is 1. The van der Waals surface area contributed by atoms with Crippen molar-refractivity contribution in [2.24, 2.45) is 0 Å². The number of aliphatic hydroxyl groups excluding tert-OH is 1. The van der Waals surface area contributed by atoms with E-state index in [4.69, 9.17) is 18.9 Å². The molecule has 24 heavy (non-hydrogen) atoms. The van der Waals surface area contributed by atoms with Crippen molar-refractivity contribution in [3.63, 3.8) is 0 Å². The van der Waals surface area contributed by atoms with Crippen molar-refractivity contribution in [3.05, 3.63) is 35.9 Å². The van der Waals surface area contributed by atoms with Crippen LogP contribution in [0.1, 0.15) is 37.7 Å². The van der Waals surface area contributed by atoms with E-state index in [1.165, 1.54) is 0 Å². The maximum Gasteiger partial charge on any atom is 0.172 e. The van der Waals surface area contributed by atoms with Crippen molar-refractivity contribution >= 4 is 0 Å². The molecule has 1 N–H and O–H groups in total. The predicted molar refractivity (Wildman–Crippen MR) is 87.4 cm³/mol. The van der Waals surface area contributed by atoms with Gasteiger partial charge in [-0.15, -0.1) is 0 Å². The molecule has 1 aromatic rings. The number of ether oxygens (including phenoxy) is 4. The molecule has 0 saturated carbocycles. The molecule has 0 amide bonds. The van der Waals surface area contributed by atoms with Gasteiger partial charge in [-0.25, -0.2) is 0 Å². The standard InChI is InChI=1S/C19H26O5/c20-10-16-7-4-8-19(23-16)13-18(14-22-18)9-17(24-19)12-21-11-15-5-2-1-3-6-15/h1-3,5-6,16-17,20H,4,7-14H2/t16-,17-,18+,19-/m0/s1. The number of aliphatic hydroxyl groups is 1. The second kappa shape index (κ2) is 6.73. The Morgan fingerprint density at radius 1 is 1.17 bits per heavy atom. The first-order chi connectivity index (χ1) is 11.7. The minimum Gasteiger partial charge on any atom is -0.394 e. The van der Waals surface area contributed by atoms with Gasteiger partial charge in [0.25, 0.3) is 0 Å². The highest BCUT2D eigenvalue weighted by molar-refractivity contribution is 5.13. The zero-order chi connectivity index (χ0) is 16.5. The lowest BCUT2D eigenvalue weighted by Gasteiger charge is -2.47. The highest BCUT2D eigenvalue weighted by atomic mass is 16.7. The molecule has 0 aromatic heterocycles. The Hall–Kier alpha value is -0.980. The van der Waals surface area contributed by atoms with Crippen molar-refractivity contribution in [2.75, 3.05) is 19.8 Å². The van der Waals surface area contributed by atoms with E-state index in [-0.39, 0.29) is 24.4 Å². The summed E-state index contributed by atoms with van der Waals surface area (Å²) in [5, 5.41) is 9.45. The molecular weight excluding hydrogens is 308 g/mol. The van der Waals surface area contributed by atoms with E-state index in [1.54, 1.807) is 0 Å². The summed E-state index contributed by atoms with van der Waals surface area (Å²) < 4.78 is 24.1. The lowest BCUT2D eigenvalue weighted by Crippen LogP contribution is -2.54. The molecule has 132 valence electrons. The van der Waals surface area contributed by atoms with Gasteiger partial charge in [0.1, 0.15) is 0 Å². The van der Waals surface area contributed by atoms with E-state index in [0.29, 0.717) is 13.2 Å².